The SMILES string of the molecule is O=C(O)C1CCCN1C(=O)c1cc2c([nH]c3ccccc32)c(-c2ccccc2)n1. The lowest BCUT2D eigenvalue weighted by Crippen LogP contribution is -2.40. The van der Waals surface area contributed by atoms with Crippen LogP contribution in [0.2, 0.25) is 0 Å². The number of benzene rings is 2. The van der Waals surface area contributed by atoms with Gasteiger partial charge < -0.3 is 15.0 Å². The van der Waals surface area contributed by atoms with Crippen molar-refractivity contribution in [3.63, 3.8) is 0 Å². The quantitative estimate of drug-likeness (QED) is 0.557. The van der Waals surface area contributed by atoms with E-state index in [0.717, 1.165) is 27.4 Å². The summed E-state index contributed by atoms with van der Waals surface area (Å²) in [5.74, 6) is -1.30. The molecule has 6 nitrogen and oxygen atoms in total. The molecule has 1 atom stereocenters. The average molecular weight is 385 g/mol. The standard InChI is InChI=1S/C23H19N3O3/c27-22(26-12-6-11-19(26)23(28)29)18-13-16-15-9-4-5-10-17(15)24-21(16)20(25-18)14-7-2-1-3-8-14/h1-5,7-10,13,19,24H,6,11-12H2,(H,28,29). The number of carbonyl (C=O) groups excluding carboxylic acids is 1. The van der Waals surface area contributed by atoms with Gasteiger partial charge in [0.2, 0.25) is 0 Å². The van der Waals surface area contributed by atoms with Gasteiger partial charge in [-0.3, -0.25) is 4.79 Å². The van der Waals surface area contributed by atoms with Gasteiger partial charge in [0.15, 0.2) is 0 Å². The molecule has 144 valence electrons. The first-order valence-electron chi connectivity index (χ1n) is 9.64. The van der Waals surface area contributed by atoms with Crippen LogP contribution in [0, 0.1) is 0 Å². The largest absolute Gasteiger partial charge is 0.480 e. The Morgan fingerprint density at radius 1 is 1.03 bits per heavy atom. The molecule has 0 radical (unpaired) electrons. The van der Waals surface area contributed by atoms with Crippen molar-refractivity contribution in [2.45, 2.75) is 18.9 Å². The fourth-order valence-corrected chi connectivity index (χ4v) is 4.17. The first-order valence-corrected chi connectivity index (χ1v) is 9.64. The van der Waals surface area contributed by atoms with Gasteiger partial charge in [0.1, 0.15) is 11.7 Å². The normalized spacial score (nSPS) is 16.6. The van der Waals surface area contributed by atoms with E-state index in [2.05, 4.69) is 9.97 Å². The summed E-state index contributed by atoms with van der Waals surface area (Å²) in [6.45, 7) is 0.435. The van der Waals surface area contributed by atoms with Crippen LogP contribution in [0.25, 0.3) is 33.1 Å². The lowest BCUT2D eigenvalue weighted by Gasteiger charge is -2.21. The molecule has 29 heavy (non-hydrogen) atoms. The van der Waals surface area contributed by atoms with Crippen LogP contribution < -0.4 is 0 Å². The Morgan fingerprint density at radius 3 is 2.59 bits per heavy atom. The lowest BCUT2D eigenvalue weighted by molar-refractivity contribution is -0.141. The van der Waals surface area contributed by atoms with Gasteiger partial charge in [-0.2, -0.15) is 0 Å². The van der Waals surface area contributed by atoms with Crippen LogP contribution in [0.15, 0.2) is 60.7 Å². The molecule has 6 heteroatoms. The Morgan fingerprint density at radius 2 is 1.79 bits per heavy atom. The number of carbonyl (C=O) groups is 2. The first-order chi connectivity index (χ1) is 14.1. The van der Waals surface area contributed by atoms with Crippen molar-refractivity contribution in [2.75, 3.05) is 6.54 Å². The van der Waals surface area contributed by atoms with Gasteiger partial charge in [0.25, 0.3) is 5.91 Å². The average Bonchev–Trinajstić information content (AvgIpc) is 3.38. The maximum absolute atomic E-state index is 13.2. The number of aromatic amines is 1. The van der Waals surface area contributed by atoms with Gasteiger partial charge in [-0.15, -0.1) is 0 Å². The van der Waals surface area contributed by atoms with Crippen molar-refractivity contribution in [1.82, 2.24) is 14.9 Å². The van der Waals surface area contributed by atoms with E-state index in [0.29, 0.717) is 25.1 Å². The second-order valence-electron chi connectivity index (χ2n) is 7.31. The summed E-state index contributed by atoms with van der Waals surface area (Å²) >= 11 is 0. The number of para-hydroxylation sites is 1. The lowest BCUT2D eigenvalue weighted by atomic mass is 10.1. The Kier molecular flexibility index (Phi) is 4.05. The van der Waals surface area contributed by atoms with E-state index in [1.54, 1.807) is 6.07 Å². The molecular formula is C23H19N3O3. The summed E-state index contributed by atoms with van der Waals surface area (Å²) in [5, 5.41) is 11.4. The Bertz CT molecular complexity index is 1250. The van der Waals surface area contributed by atoms with E-state index in [-0.39, 0.29) is 11.6 Å². The predicted octanol–water partition coefficient (Wildman–Crippen LogP) is 4.07. The second-order valence-corrected chi connectivity index (χ2v) is 7.31. The van der Waals surface area contributed by atoms with Crippen molar-refractivity contribution in [2.24, 2.45) is 0 Å². The van der Waals surface area contributed by atoms with E-state index < -0.39 is 12.0 Å². The van der Waals surface area contributed by atoms with E-state index in [4.69, 9.17) is 0 Å². The number of nitrogens with one attached hydrogen (secondary N) is 1. The minimum absolute atomic E-state index is 0.272. The molecule has 4 aromatic rings. The number of H-pyrrole nitrogens is 1. The van der Waals surface area contributed by atoms with E-state index >= 15 is 0 Å². The maximum atomic E-state index is 13.2. The van der Waals surface area contributed by atoms with Crippen LogP contribution in [-0.4, -0.2) is 44.4 Å². The Labute approximate surface area is 166 Å². The third-order valence-corrected chi connectivity index (χ3v) is 5.56. The number of fused-ring (bicyclic) bond motifs is 3. The number of hydrogen-bond donors (Lipinski definition) is 2. The third kappa shape index (κ3) is 2.84. The highest BCUT2D eigenvalue weighted by molar-refractivity contribution is 6.13. The summed E-state index contributed by atoms with van der Waals surface area (Å²) in [6, 6.07) is 18.6. The molecule has 0 spiro atoms. The fraction of sp³-hybridized carbons (Fsp3) is 0.174. The molecule has 1 aliphatic rings. The highest BCUT2D eigenvalue weighted by atomic mass is 16.4. The van der Waals surface area contributed by atoms with Gasteiger partial charge >= 0.3 is 5.97 Å². The Balaban J connectivity index is 1.73. The number of pyridine rings is 1. The molecule has 1 fully saturated rings. The molecule has 2 aromatic heterocycles. The van der Waals surface area contributed by atoms with Gasteiger partial charge in [0.05, 0.1) is 11.2 Å². The molecule has 1 saturated heterocycles. The molecule has 0 bridgehead atoms. The molecular weight excluding hydrogens is 366 g/mol. The summed E-state index contributed by atoms with van der Waals surface area (Å²) in [6.07, 6.45) is 1.16. The molecule has 2 aromatic carbocycles. The number of carboxylic acids is 1. The smallest absolute Gasteiger partial charge is 0.326 e. The number of nitrogens with zero attached hydrogens (tertiary/aromatic N) is 2. The van der Waals surface area contributed by atoms with Gasteiger partial charge in [0, 0.05) is 28.4 Å². The zero-order valence-corrected chi connectivity index (χ0v) is 15.6. The van der Waals surface area contributed by atoms with Crippen LogP contribution in [-0.2, 0) is 4.79 Å². The van der Waals surface area contributed by atoms with E-state index in [9.17, 15) is 14.7 Å². The molecule has 5 rings (SSSR count). The summed E-state index contributed by atoms with van der Waals surface area (Å²) in [5.41, 5.74) is 3.69. The van der Waals surface area contributed by atoms with Crippen molar-refractivity contribution in [1.29, 1.82) is 0 Å². The summed E-state index contributed by atoms with van der Waals surface area (Å²) < 4.78 is 0. The van der Waals surface area contributed by atoms with Gasteiger partial charge in [-0.25, -0.2) is 9.78 Å². The molecule has 0 saturated carbocycles. The molecule has 0 aliphatic carbocycles. The molecule has 3 heterocycles. The van der Waals surface area contributed by atoms with Crippen LogP contribution >= 0.6 is 0 Å². The number of carboxylic acid groups (broad SMARTS) is 1. The monoisotopic (exact) mass is 385 g/mol. The number of hydrogen-bond acceptors (Lipinski definition) is 3. The molecule has 1 aliphatic heterocycles. The van der Waals surface area contributed by atoms with Gasteiger partial charge in [-0.1, -0.05) is 48.5 Å². The summed E-state index contributed by atoms with van der Waals surface area (Å²) in [4.78, 5) is 34.3. The third-order valence-electron chi connectivity index (χ3n) is 5.56. The van der Waals surface area contributed by atoms with Crippen LogP contribution in [0.4, 0.5) is 0 Å². The zero-order chi connectivity index (χ0) is 20.0. The van der Waals surface area contributed by atoms with Crippen molar-refractivity contribution < 1.29 is 14.7 Å². The minimum Gasteiger partial charge on any atom is -0.480 e. The minimum atomic E-state index is -0.965. The first kappa shape index (κ1) is 17.4. The van der Waals surface area contributed by atoms with E-state index in [1.807, 2.05) is 54.6 Å². The maximum Gasteiger partial charge on any atom is 0.326 e. The number of amides is 1. The highest BCUT2D eigenvalue weighted by Crippen LogP contribution is 2.33. The second kappa shape index (κ2) is 6.74. The van der Waals surface area contributed by atoms with Crippen LogP contribution in [0.1, 0.15) is 23.3 Å². The van der Waals surface area contributed by atoms with Crippen LogP contribution in [0.3, 0.4) is 0 Å². The fourth-order valence-electron chi connectivity index (χ4n) is 4.17. The highest BCUT2D eigenvalue weighted by Gasteiger charge is 2.35. The predicted molar refractivity (Wildman–Crippen MR) is 111 cm³/mol. The van der Waals surface area contributed by atoms with Crippen molar-refractivity contribution >= 4 is 33.7 Å². The molecule has 1 amide bonds. The molecule has 2 N–H and O–H groups in total. The molecule has 1 unspecified atom stereocenters. The number of aromatic nitrogens is 2. The van der Waals surface area contributed by atoms with Crippen LogP contribution in [0.5, 0.6) is 0 Å². The van der Waals surface area contributed by atoms with Crippen molar-refractivity contribution in [3.8, 4) is 11.3 Å². The zero-order valence-electron chi connectivity index (χ0n) is 15.6. The topological polar surface area (TPSA) is 86.3 Å². The number of aliphatic carboxylic acids is 1. The number of likely N-dealkylation sites (tertiary alicyclic amines) is 1. The van der Waals surface area contributed by atoms with E-state index in [1.165, 1.54) is 4.90 Å². The van der Waals surface area contributed by atoms with Gasteiger partial charge in [-0.05, 0) is 25.0 Å². The number of rotatable bonds is 3. The van der Waals surface area contributed by atoms with Crippen molar-refractivity contribution in [3.05, 3.63) is 66.4 Å². The summed E-state index contributed by atoms with van der Waals surface area (Å²) in [7, 11) is 0. The Hall–Kier alpha value is -3.67.